The van der Waals surface area contributed by atoms with Gasteiger partial charge in [0.05, 0.1) is 12.8 Å². The van der Waals surface area contributed by atoms with Crippen molar-refractivity contribution in [1.29, 1.82) is 0 Å². The van der Waals surface area contributed by atoms with Crippen LogP contribution < -0.4 is 4.74 Å². The molecule has 0 spiro atoms. The standard InChI is InChI=1S/C20H16F3N3O3/c1-26(28-2)19(27)18-24-11-10-16(25-18)14-7-5-6-13(12-14)15-8-3-4-9-17(15)29-20(21,22)23/h3-12H,1-2H3. The first-order valence-corrected chi connectivity index (χ1v) is 8.39. The Morgan fingerprint density at radius 2 is 1.76 bits per heavy atom. The van der Waals surface area contributed by atoms with E-state index in [-0.39, 0.29) is 17.1 Å². The molecule has 2 aromatic carbocycles. The van der Waals surface area contributed by atoms with E-state index in [1.807, 2.05) is 0 Å². The minimum atomic E-state index is -4.80. The molecule has 1 heterocycles. The third kappa shape index (κ3) is 4.88. The summed E-state index contributed by atoms with van der Waals surface area (Å²) in [4.78, 5) is 25.2. The van der Waals surface area contributed by atoms with Crippen LogP contribution in [0, 0.1) is 0 Å². The van der Waals surface area contributed by atoms with Gasteiger partial charge in [-0.05, 0) is 23.8 Å². The number of amides is 1. The highest BCUT2D eigenvalue weighted by Crippen LogP contribution is 2.35. The summed E-state index contributed by atoms with van der Waals surface area (Å²) >= 11 is 0. The van der Waals surface area contributed by atoms with Crippen LogP contribution in [0.3, 0.4) is 0 Å². The molecule has 3 rings (SSSR count). The molecule has 0 fully saturated rings. The zero-order valence-corrected chi connectivity index (χ0v) is 15.5. The summed E-state index contributed by atoms with van der Waals surface area (Å²) in [5.41, 5.74) is 1.81. The molecular weight excluding hydrogens is 387 g/mol. The minimum absolute atomic E-state index is 0.0712. The second-order valence-corrected chi connectivity index (χ2v) is 5.88. The summed E-state index contributed by atoms with van der Waals surface area (Å²) < 4.78 is 42.3. The van der Waals surface area contributed by atoms with E-state index in [9.17, 15) is 18.0 Å². The van der Waals surface area contributed by atoms with Gasteiger partial charge in [-0.2, -0.15) is 0 Å². The Kier molecular flexibility index (Phi) is 5.79. The highest BCUT2D eigenvalue weighted by atomic mass is 19.4. The molecule has 0 N–H and O–H groups in total. The third-order valence-corrected chi connectivity index (χ3v) is 3.99. The topological polar surface area (TPSA) is 64.5 Å². The van der Waals surface area contributed by atoms with Crippen LogP contribution >= 0.6 is 0 Å². The van der Waals surface area contributed by atoms with E-state index in [2.05, 4.69) is 14.7 Å². The highest BCUT2D eigenvalue weighted by molar-refractivity contribution is 5.90. The van der Waals surface area contributed by atoms with Gasteiger partial charge in [0.25, 0.3) is 0 Å². The van der Waals surface area contributed by atoms with E-state index in [1.165, 1.54) is 38.6 Å². The van der Waals surface area contributed by atoms with E-state index >= 15 is 0 Å². The van der Waals surface area contributed by atoms with Crippen molar-refractivity contribution in [1.82, 2.24) is 15.0 Å². The summed E-state index contributed by atoms with van der Waals surface area (Å²) in [7, 11) is 2.77. The lowest BCUT2D eigenvalue weighted by molar-refractivity contribution is -0.274. The smallest absolute Gasteiger partial charge is 0.405 e. The fourth-order valence-electron chi connectivity index (χ4n) is 2.61. The number of alkyl halides is 3. The van der Waals surface area contributed by atoms with Crippen LogP contribution in [0.15, 0.2) is 60.8 Å². The van der Waals surface area contributed by atoms with Gasteiger partial charge in [-0.25, -0.2) is 15.0 Å². The molecule has 0 aliphatic heterocycles. The fraction of sp³-hybridized carbons (Fsp3) is 0.150. The second kappa shape index (κ2) is 8.27. The van der Waals surface area contributed by atoms with Gasteiger partial charge >= 0.3 is 12.3 Å². The summed E-state index contributed by atoms with van der Waals surface area (Å²) in [5, 5.41) is 0.986. The Morgan fingerprint density at radius 3 is 2.48 bits per heavy atom. The van der Waals surface area contributed by atoms with Crippen molar-refractivity contribution in [2.45, 2.75) is 6.36 Å². The van der Waals surface area contributed by atoms with Crippen LogP contribution in [0.2, 0.25) is 0 Å². The first-order chi connectivity index (χ1) is 13.8. The Morgan fingerprint density at radius 1 is 1.03 bits per heavy atom. The van der Waals surface area contributed by atoms with Crippen molar-refractivity contribution in [2.75, 3.05) is 14.2 Å². The van der Waals surface area contributed by atoms with Crippen LogP contribution in [0.25, 0.3) is 22.4 Å². The Hall–Kier alpha value is -3.46. The quantitative estimate of drug-likeness (QED) is 0.593. The lowest BCUT2D eigenvalue weighted by Crippen LogP contribution is -2.27. The van der Waals surface area contributed by atoms with Crippen molar-refractivity contribution >= 4 is 5.91 Å². The number of benzene rings is 2. The number of ether oxygens (including phenoxy) is 1. The Labute approximate surface area is 164 Å². The maximum atomic E-state index is 12.7. The zero-order chi connectivity index (χ0) is 21.0. The van der Waals surface area contributed by atoms with Gasteiger partial charge in [-0.15, -0.1) is 13.2 Å². The number of para-hydroxylation sites is 1. The number of halogens is 3. The van der Waals surface area contributed by atoms with Gasteiger partial charge in [-0.3, -0.25) is 9.63 Å². The van der Waals surface area contributed by atoms with Gasteiger partial charge in [0.1, 0.15) is 5.75 Å². The number of hydrogen-bond acceptors (Lipinski definition) is 5. The van der Waals surface area contributed by atoms with Crippen LogP contribution in [-0.2, 0) is 4.84 Å². The molecule has 150 valence electrons. The number of carbonyl (C=O) groups is 1. The van der Waals surface area contributed by atoms with E-state index in [0.717, 1.165) is 5.06 Å². The van der Waals surface area contributed by atoms with Gasteiger partial charge in [0.2, 0.25) is 5.82 Å². The number of hydrogen-bond donors (Lipinski definition) is 0. The average molecular weight is 403 g/mol. The van der Waals surface area contributed by atoms with E-state index in [1.54, 1.807) is 36.4 Å². The molecule has 1 aromatic heterocycles. The fourth-order valence-corrected chi connectivity index (χ4v) is 2.61. The first-order valence-electron chi connectivity index (χ1n) is 8.39. The predicted octanol–water partition coefficient (Wildman–Crippen LogP) is 4.34. The first kappa shape index (κ1) is 20.3. The van der Waals surface area contributed by atoms with Crippen LogP contribution in [0.1, 0.15) is 10.6 Å². The maximum Gasteiger partial charge on any atom is 0.573 e. The summed E-state index contributed by atoms with van der Waals surface area (Å²) in [6.07, 6.45) is -3.38. The van der Waals surface area contributed by atoms with Crippen LogP contribution in [-0.4, -0.2) is 41.5 Å². The number of hydroxylamine groups is 2. The Bertz CT molecular complexity index is 1020. The van der Waals surface area contributed by atoms with Crippen molar-refractivity contribution < 1.29 is 27.5 Å². The minimum Gasteiger partial charge on any atom is -0.405 e. The molecule has 0 aliphatic rings. The molecule has 6 nitrogen and oxygen atoms in total. The molecule has 0 radical (unpaired) electrons. The molecule has 0 aliphatic carbocycles. The molecule has 0 atom stereocenters. The van der Waals surface area contributed by atoms with Gasteiger partial charge < -0.3 is 4.74 Å². The zero-order valence-electron chi connectivity index (χ0n) is 15.5. The van der Waals surface area contributed by atoms with Gasteiger partial charge in [0.15, 0.2) is 0 Å². The largest absolute Gasteiger partial charge is 0.573 e. The van der Waals surface area contributed by atoms with Crippen molar-refractivity contribution in [2.24, 2.45) is 0 Å². The maximum absolute atomic E-state index is 12.7. The molecule has 0 saturated carbocycles. The van der Waals surface area contributed by atoms with Crippen molar-refractivity contribution in [3.8, 4) is 28.1 Å². The monoisotopic (exact) mass is 403 g/mol. The SMILES string of the molecule is CON(C)C(=O)c1nccc(-c2cccc(-c3ccccc3OC(F)(F)F)c2)n1. The van der Waals surface area contributed by atoms with Crippen LogP contribution in [0.4, 0.5) is 13.2 Å². The summed E-state index contributed by atoms with van der Waals surface area (Å²) in [6.45, 7) is 0. The predicted molar refractivity (Wildman–Crippen MR) is 98.7 cm³/mol. The molecule has 0 unspecified atom stereocenters. The average Bonchev–Trinajstić information content (AvgIpc) is 2.72. The molecular formula is C20H16F3N3O3. The third-order valence-electron chi connectivity index (χ3n) is 3.99. The molecule has 0 bridgehead atoms. The second-order valence-electron chi connectivity index (χ2n) is 5.88. The number of carbonyl (C=O) groups excluding carboxylic acids is 1. The molecule has 1 amide bonds. The summed E-state index contributed by atoms with van der Waals surface area (Å²) in [6, 6.07) is 14.2. The number of rotatable bonds is 5. The number of nitrogens with zero attached hydrogens (tertiary/aromatic N) is 3. The van der Waals surface area contributed by atoms with E-state index in [4.69, 9.17) is 4.84 Å². The molecule has 29 heavy (non-hydrogen) atoms. The van der Waals surface area contributed by atoms with Gasteiger partial charge in [-0.1, -0.05) is 36.4 Å². The van der Waals surface area contributed by atoms with E-state index in [0.29, 0.717) is 16.8 Å². The highest BCUT2D eigenvalue weighted by Gasteiger charge is 2.32. The summed E-state index contributed by atoms with van der Waals surface area (Å²) in [5.74, 6) is -0.912. The lowest BCUT2D eigenvalue weighted by atomic mass is 10.0. The van der Waals surface area contributed by atoms with Crippen molar-refractivity contribution in [3.63, 3.8) is 0 Å². The van der Waals surface area contributed by atoms with E-state index < -0.39 is 12.3 Å². The molecule has 9 heteroatoms. The lowest BCUT2D eigenvalue weighted by Gasteiger charge is -2.14. The van der Waals surface area contributed by atoms with Gasteiger partial charge in [0, 0.05) is 24.4 Å². The Balaban J connectivity index is 1.99. The molecule has 0 saturated heterocycles. The number of aromatic nitrogens is 2. The normalized spacial score (nSPS) is 11.2. The van der Waals surface area contributed by atoms with Crippen molar-refractivity contribution in [3.05, 3.63) is 66.6 Å². The van der Waals surface area contributed by atoms with Crippen LogP contribution in [0.5, 0.6) is 5.75 Å². The molecule has 3 aromatic rings.